The van der Waals surface area contributed by atoms with Crippen LogP contribution >= 0.6 is 0 Å². The minimum absolute atomic E-state index is 0.673. The first-order valence-corrected chi connectivity index (χ1v) is 5.58. The predicted octanol–water partition coefficient (Wildman–Crippen LogP) is 3.01. The van der Waals surface area contributed by atoms with Gasteiger partial charge in [0.05, 0.1) is 7.11 Å². The lowest BCUT2D eigenvalue weighted by atomic mass is 10.2. The van der Waals surface area contributed by atoms with Crippen LogP contribution in [0.4, 0.5) is 5.69 Å². The van der Waals surface area contributed by atoms with Gasteiger partial charge >= 0.3 is 0 Å². The summed E-state index contributed by atoms with van der Waals surface area (Å²) in [6, 6.07) is 12.2. The Balaban J connectivity index is 2.04. The van der Waals surface area contributed by atoms with Crippen molar-refractivity contribution in [3.63, 3.8) is 0 Å². The van der Waals surface area contributed by atoms with Crippen LogP contribution in [0.25, 0.3) is 0 Å². The molecular formula is C14H16N2O. The monoisotopic (exact) mass is 228 g/mol. The predicted molar refractivity (Wildman–Crippen MR) is 69.3 cm³/mol. The van der Waals surface area contributed by atoms with Gasteiger partial charge in [-0.3, -0.25) is 0 Å². The summed E-state index contributed by atoms with van der Waals surface area (Å²) in [6.45, 7) is 2.79. The number of rotatable bonds is 4. The van der Waals surface area contributed by atoms with Crippen LogP contribution in [0.15, 0.2) is 42.6 Å². The van der Waals surface area contributed by atoms with E-state index < -0.39 is 0 Å². The Morgan fingerprint density at radius 3 is 2.65 bits per heavy atom. The van der Waals surface area contributed by atoms with E-state index in [-0.39, 0.29) is 0 Å². The largest absolute Gasteiger partial charge is 0.481 e. The lowest BCUT2D eigenvalue weighted by Crippen LogP contribution is -2.02. The van der Waals surface area contributed by atoms with Crippen LogP contribution in [0.2, 0.25) is 0 Å². The van der Waals surface area contributed by atoms with Gasteiger partial charge < -0.3 is 10.1 Å². The number of hydrogen-bond donors (Lipinski definition) is 1. The molecule has 17 heavy (non-hydrogen) atoms. The van der Waals surface area contributed by atoms with E-state index in [0.29, 0.717) is 12.4 Å². The number of pyridine rings is 1. The fourth-order valence-electron chi connectivity index (χ4n) is 1.61. The second kappa shape index (κ2) is 5.34. The van der Waals surface area contributed by atoms with Crippen molar-refractivity contribution >= 4 is 5.69 Å². The molecule has 0 fully saturated rings. The normalized spacial score (nSPS) is 10.0. The first-order valence-electron chi connectivity index (χ1n) is 5.58. The second-order valence-electron chi connectivity index (χ2n) is 3.89. The lowest BCUT2D eigenvalue weighted by Gasteiger charge is -2.09. The van der Waals surface area contributed by atoms with Gasteiger partial charge in [0.25, 0.3) is 0 Å². The van der Waals surface area contributed by atoms with Crippen molar-refractivity contribution in [3.05, 3.63) is 53.7 Å². The molecule has 0 saturated heterocycles. The van der Waals surface area contributed by atoms with Crippen molar-refractivity contribution in [2.24, 2.45) is 0 Å². The Kier molecular flexibility index (Phi) is 3.60. The molecule has 2 aromatic rings. The van der Waals surface area contributed by atoms with Crippen molar-refractivity contribution in [1.82, 2.24) is 4.98 Å². The molecule has 0 aliphatic rings. The van der Waals surface area contributed by atoms with Gasteiger partial charge in [-0.05, 0) is 25.1 Å². The van der Waals surface area contributed by atoms with E-state index in [1.54, 1.807) is 13.3 Å². The van der Waals surface area contributed by atoms with Crippen LogP contribution in [0.3, 0.4) is 0 Å². The molecule has 1 heterocycles. The Bertz CT molecular complexity index is 480. The number of methoxy groups -OCH3 is 1. The summed E-state index contributed by atoms with van der Waals surface area (Å²) in [4.78, 5) is 4.16. The van der Waals surface area contributed by atoms with Crippen LogP contribution in [0.1, 0.15) is 11.1 Å². The van der Waals surface area contributed by atoms with Crippen LogP contribution in [0.5, 0.6) is 5.88 Å². The smallest absolute Gasteiger partial charge is 0.218 e. The van der Waals surface area contributed by atoms with Crippen LogP contribution in [-0.4, -0.2) is 12.1 Å². The van der Waals surface area contributed by atoms with E-state index in [1.807, 2.05) is 12.1 Å². The Morgan fingerprint density at radius 2 is 1.94 bits per heavy atom. The van der Waals surface area contributed by atoms with Crippen LogP contribution < -0.4 is 10.1 Å². The van der Waals surface area contributed by atoms with Crippen molar-refractivity contribution < 1.29 is 4.74 Å². The summed E-state index contributed by atoms with van der Waals surface area (Å²) in [7, 11) is 1.64. The third-order valence-corrected chi connectivity index (χ3v) is 2.58. The standard InChI is InChI=1S/C14H16N2O/c1-11-5-7-13(8-6-11)16-10-12-4-3-9-15-14(12)17-2/h3-9,16H,10H2,1-2H3. The molecule has 0 aliphatic carbocycles. The molecule has 3 heteroatoms. The number of hydrogen-bond acceptors (Lipinski definition) is 3. The van der Waals surface area contributed by atoms with Gasteiger partial charge in [0, 0.05) is 24.0 Å². The van der Waals surface area contributed by atoms with Crippen molar-refractivity contribution in [2.75, 3.05) is 12.4 Å². The quantitative estimate of drug-likeness (QED) is 0.873. The number of nitrogens with zero attached hydrogens (tertiary/aromatic N) is 1. The molecule has 3 nitrogen and oxygen atoms in total. The maximum Gasteiger partial charge on any atom is 0.218 e. The Morgan fingerprint density at radius 1 is 1.18 bits per heavy atom. The number of benzene rings is 1. The highest BCUT2D eigenvalue weighted by Gasteiger charge is 2.02. The highest BCUT2D eigenvalue weighted by molar-refractivity contribution is 5.45. The van der Waals surface area contributed by atoms with Crippen molar-refractivity contribution in [2.45, 2.75) is 13.5 Å². The second-order valence-corrected chi connectivity index (χ2v) is 3.89. The van der Waals surface area contributed by atoms with Gasteiger partial charge in [0.15, 0.2) is 0 Å². The first kappa shape index (κ1) is 11.5. The highest BCUT2D eigenvalue weighted by Crippen LogP contribution is 2.16. The van der Waals surface area contributed by atoms with E-state index >= 15 is 0 Å². The minimum Gasteiger partial charge on any atom is -0.481 e. The maximum absolute atomic E-state index is 5.20. The summed E-state index contributed by atoms with van der Waals surface area (Å²) in [5, 5.41) is 3.34. The van der Waals surface area contributed by atoms with E-state index in [2.05, 4.69) is 41.5 Å². The molecule has 1 N–H and O–H groups in total. The third kappa shape index (κ3) is 2.97. The number of aryl methyl sites for hydroxylation is 1. The van der Waals surface area contributed by atoms with E-state index in [0.717, 1.165) is 11.3 Å². The zero-order chi connectivity index (χ0) is 12.1. The molecule has 0 bridgehead atoms. The van der Waals surface area contributed by atoms with Gasteiger partial charge in [-0.15, -0.1) is 0 Å². The third-order valence-electron chi connectivity index (χ3n) is 2.58. The van der Waals surface area contributed by atoms with Gasteiger partial charge in [-0.25, -0.2) is 4.98 Å². The summed E-state index contributed by atoms with van der Waals surface area (Å²) < 4.78 is 5.20. The fourth-order valence-corrected chi connectivity index (χ4v) is 1.61. The Hall–Kier alpha value is -2.03. The molecule has 0 radical (unpaired) electrons. The molecular weight excluding hydrogens is 212 g/mol. The average Bonchev–Trinajstić information content (AvgIpc) is 2.38. The van der Waals surface area contributed by atoms with Gasteiger partial charge in [0.2, 0.25) is 5.88 Å². The van der Waals surface area contributed by atoms with Crippen molar-refractivity contribution in [1.29, 1.82) is 0 Å². The summed E-state index contributed by atoms with van der Waals surface area (Å²) in [6.07, 6.45) is 1.73. The summed E-state index contributed by atoms with van der Waals surface area (Å²) in [5.41, 5.74) is 3.41. The topological polar surface area (TPSA) is 34.1 Å². The molecule has 2 rings (SSSR count). The van der Waals surface area contributed by atoms with Gasteiger partial charge in [-0.1, -0.05) is 23.8 Å². The van der Waals surface area contributed by atoms with Gasteiger partial charge in [-0.2, -0.15) is 0 Å². The average molecular weight is 228 g/mol. The van der Waals surface area contributed by atoms with Crippen LogP contribution in [-0.2, 0) is 6.54 Å². The first-order chi connectivity index (χ1) is 8.29. The molecule has 1 aromatic carbocycles. The number of ether oxygens (including phenoxy) is 1. The lowest BCUT2D eigenvalue weighted by molar-refractivity contribution is 0.393. The zero-order valence-corrected chi connectivity index (χ0v) is 10.1. The number of anilines is 1. The molecule has 0 aliphatic heterocycles. The molecule has 0 saturated carbocycles. The molecule has 1 aromatic heterocycles. The van der Waals surface area contributed by atoms with E-state index in [1.165, 1.54) is 5.56 Å². The zero-order valence-electron chi connectivity index (χ0n) is 10.1. The Labute approximate surface area is 101 Å². The maximum atomic E-state index is 5.20. The summed E-state index contributed by atoms with van der Waals surface area (Å²) in [5.74, 6) is 0.673. The number of nitrogens with one attached hydrogen (secondary N) is 1. The van der Waals surface area contributed by atoms with E-state index in [9.17, 15) is 0 Å². The minimum atomic E-state index is 0.673. The van der Waals surface area contributed by atoms with Crippen LogP contribution in [0, 0.1) is 6.92 Å². The van der Waals surface area contributed by atoms with Gasteiger partial charge in [0.1, 0.15) is 0 Å². The molecule has 88 valence electrons. The SMILES string of the molecule is COc1ncccc1CNc1ccc(C)cc1. The van der Waals surface area contributed by atoms with E-state index in [4.69, 9.17) is 4.74 Å². The molecule has 0 atom stereocenters. The molecule has 0 unspecified atom stereocenters. The highest BCUT2D eigenvalue weighted by atomic mass is 16.5. The summed E-state index contributed by atoms with van der Waals surface area (Å²) >= 11 is 0. The number of aromatic nitrogens is 1. The molecule has 0 amide bonds. The fraction of sp³-hybridized carbons (Fsp3) is 0.214. The molecule has 0 spiro atoms. The van der Waals surface area contributed by atoms with Crippen molar-refractivity contribution in [3.8, 4) is 5.88 Å².